The topological polar surface area (TPSA) is 53.2 Å². The van der Waals surface area contributed by atoms with Crippen LogP contribution in [0.2, 0.25) is 0 Å². The van der Waals surface area contributed by atoms with Gasteiger partial charge in [0.25, 0.3) is 0 Å². The second-order valence-electron chi connectivity index (χ2n) is 5.54. The largest absolute Gasteiger partial charge is 0.478 e. The van der Waals surface area contributed by atoms with E-state index in [1.54, 1.807) is 35.6 Å². The maximum absolute atomic E-state index is 10.9. The molecule has 3 rings (SSSR count). The Balaban J connectivity index is 1.89. The molecule has 0 aliphatic rings. The van der Waals surface area contributed by atoms with Gasteiger partial charge in [-0.1, -0.05) is 41.2 Å². The molecule has 0 atom stereocenters. The number of hydrogen-bond donors (Lipinski definition) is 2. The minimum absolute atomic E-state index is 0.287. The van der Waals surface area contributed by atoms with Gasteiger partial charge in [-0.25, -0.2) is 14.7 Å². The molecule has 0 fully saturated rings. The molecule has 0 aliphatic carbocycles. The van der Waals surface area contributed by atoms with Gasteiger partial charge in [0.05, 0.1) is 12.1 Å². The molecule has 0 amide bonds. The molecule has 0 spiro atoms. The summed E-state index contributed by atoms with van der Waals surface area (Å²) >= 11 is 1.64. The van der Waals surface area contributed by atoms with E-state index in [1.165, 1.54) is 16.8 Å². The van der Waals surface area contributed by atoms with Crippen LogP contribution < -0.4 is 9.88 Å². The van der Waals surface area contributed by atoms with Gasteiger partial charge in [-0.05, 0) is 38.1 Å². The lowest BCUT2D eigenvalue weighted by Crippen LogP contribution is -2.35. The van der Waals surface area contributed by atoms with Crippen LogP contribution in [0.5, 0.6) is 0 Å². The zero-order valence-electron chi connectivity index (χ0n) is 13.6. The van der Waals surface area contributed by atoms with Gasteiger partial charge in [0.15, 0.2) is 0 Å². The Kier molecular flexibility index (Phi) is 4.62. The summed E-state index contributed by atoms with van der Waals surface area (Å²) in [6.07, 6.45) is 0. The Morgan fingerprint density at radius 1 is 1.12 bits per heavy atom. The van der Waals surface area contributed by atoms with Crippen molar-refractivity contribution in [3.8, 4) is 11.3 Å². The van der Waals surface area contributed by atoms with E-state index in [2.05, 4.69) is 53.4 Å². The number of hydrogen-bond acceptors (Lipinski definition) is 3. The standard InChI is InChI=1S/C19H18N2O2S/c1-3-21-17(14-6-4-13(2)5-7-14)12-24-19(21)20-16-10-8-15(9-11-16)18(22)23/h4-12H,3H2,1-2H3,(H,22,23)/p+1. The van der Waals surface area contributed by atoms with Gasteiger partial charge in [-0.3, -0.25) is 0 Å². The number of aromatic carboxylic acids is 1. The number of carboxylic acid groups (broad SMARTS) is 1. The molecule has 0 bridgehead atoms. The van der Waals surface area contributed by atoms with Gasteiger partial charge < -0.3 is 5.11 Å². The highest BCUT2D eigenvalue weighted by atomic mass is 32.1. The van der Waals surface area contributed by atoms with Crippen LogP contribution in [0.1, 0.15) is 22.8 Å². The van der Waals surface area contributed by atoms with Crippen molar-refractivity contribution in [2.45, 2.75) is 20.4 Å². The quantitative estimate of drug-likeness (QED) is 0.674. The molecular formula is C19H19N2O2S+. The van der Waals surface area contributed by atoms with E-state index in [1.807, 2.05) is 0 Å². The smallest absolute Gasteiger partial charge is 0.339 e. The van der Waals surface area contributed by atoms with Crippen molar-refractivity contribution in [1.29, 1.82) is 0 Å². The van der Waals surface area contributed by atoms with E-state index in [4.69, 9.17) is 5.11 Å². The van der Waals surface area contributed by atoms with Crippen LogP contribution >= 0.6 is 11.3 Å². The van der Waals surface area contributed by atoms with E-state index in [0.717, 1.165) is 17.4 Å². The van der Waals surface area contributed by atoms with Gasteiger partial charge in [0.1, 0.15) is 11.4 Å². The molecule has 1 heterocycles. The normalized spacial score (nSPS) is 10.6. The summed E-state index contributed by atoms with van der Waals surface area (Å²) < 4.78 is 2.22. The molecule has 0 radical (unpaired) electrons. The van der Waals surface area contributed by atoms with Crippen molar-refractivity contribution in [1.82, 2.24) is 0 Å². The molecule has 122 valence electrons. The van der Waals surface area contributed by atoms with E-state index in [0.29, 0.717) is 0 Å². The third kappa shape index (κ3) is 3.31. The summed E-state index contributed by atoms with van der Waals surface area (Å²) in [4.78, 5) is 10.9. The average molecular weight is 339 g/mol. The van der Waals surface area contributed by atoms with Crippen molar-refractivity contribution >= 4 is 28.1 Å². The fourth-order valence-electron chi connectivity index (χ4n) is 2.53. The Morgan fingerprint density at radius 3 is 2.38 bits per heavy atom. The molecule has 1 aromatic heterocycles. The summed E-state index contributed by atoms with van der Waals surface area (Å²) in [5.41, 5.74) is 4.77. The van der Waals surface area contributed by atoms with E-state index >= 15 is 0 Å². The Bertz CT molecular complexity index is 852. The van der Waals surface area contributed by atoms with Gasteiger partial charge in [-0.2, -0.15) is 0 Å². The van der Waals surface area contributed by atoms with Crippen LogP contribution in [0, 0.1) is 6.92 Å². The van der Waals surface area contributed by atoms with Crippen LogP contribution in [-0.2, 0) is 6.54 Å². The second-order valence-corrected chi connectivity index (χ2v) is 6.40. The number of thiazole rings is 1. The number of nitrogens with zero attached hydrogens (tertiary/aromatic N) is 1. The highest BCUT2D eigenvalue weighted by Gasteiger charge is 2.18. The lowest BCUT2D eigenvalue weighted by atomic mass is 10.1. The van der Waals surface area contributed by atoms with Crippen LogP contribution in [-0.4, -0.2) is 11.1 Å². The fourth-order valence-corrected chi connectivity index (χ4v) is 3.55. The minimum Gasteiger partial charge on any atom is -0.478 e. The third-order valence-electron chi connectivity index (χ3n) is 3.86. The number of carbonyl (C=O) groups is 1. The lowest BCUT2D eigenvalue weighted by Gasteiger charge is -2.04. The number of aromatic nitrogens is 1. The van der Waals surface area contributed by atoms with Crippen LogP contribution in [0.15, 0.2) is 53.9 Å². The Hall–Kier alpha value is -2.66. The van der Waals surface area contributed by atoms with E-state index in [-0.39, 0.29) is 5.56 Å². The predicted octanol–water partition coefficient (Wildman–Crippen LogP) is 4.47. The summed E-state index contributed by atoms with van der Waals surface area (Å²) in [7, 11) is 0. The lowest BCUT2D eigenvalue weighted by molar-refractivity contribution is -0.664. The van der Waals surface area contributed by atoms with E-state index < -0.39 is 5.97 Å². The van der Waals surface area contributed by atoms with Gasteiger partial charge in [0.2, 0.25) is 0 Å². The molecule has 2 N–H and O–H groups in total. The first-order chi connectivity index (χ1) is 11.6. The van der Waals surface area contributed by atoms with Crippen molar-refractivity contribution in [2.75, 3.05) is 5.32 Å². The fraction of sp³-hybridized carbons (Fsp3) is 0.158. The first kappa shape index (κ1) is 16.2. The first-order valence-corrected chi connectivity index (χ1v) is 8.65. The second kappa shape index (κ2) is 6.84. The zero-order valence-corrected chi connectivity index (χ0v) is 14.4. The summed E-state index contributed by atoms with van der Waals surface area (Å²) in [6.45, 7) is 5.05. The molecule has 4 nitrogen and oxygen atoms in total. The van der Waals surface area contributed by atoms with Crippen molar-refractivity contribution < 1.29 is 14.5 Å². The molecule has 2 aromatic carbocycles. The first-order valence-electron chi connectivity index (χ1n) is 7.77. The van der Waals surface area contributed by atoms with Crippen molar-refractivity contribution in [2.24, 2.45) is 0 Å². The Labute approximate surface area is 145 Å². The summed E-state index contributed by atoms with van der Waals surface area (Å²) in [5, 5.41) is 15.5. The minimum atomic E-state index is -0.914. The monoisotopic (exact) mass is 339 g/mol. The number of anilines is 2. The number of aryl methyl sites for hydroxylation is 1. The van der Waals surface area contributed by atoms with Gasteiger partial charge in [0, 0.05) is 10.9 Å². The molecule has 0 saturated carbocycles. The van der Waals surface area contributed by atoms with Gasteiger partial charge in [-0.15, -0.1) is 0 Å². The predicted molar refractivity (Wildman–Crippen MR) is 97.0 cm³/mol. The molecule has 24 heavy (non-hydrogen) atoms. The van der Waals surface area contributed by atoms with Crippen molar-refractivity contribution in [3.05, 3.63) is 65.0 Å². The summed E-state index contributed by atoms with van der Waals surface area (Å²) in [6, 6.07) is 15.3. The highest BCUT2D eigenvalue weighted by Crippen LogP contribution is 2.26. The summed E-state index contributed by atoms with van der Waals surface area (Å²) in [5.74, 6) is -0.914. The van der Waals surface area contributed by atoms with Crippen molar-refractivity contribution in [3.63, 3.8) is 0 Å². The number of nitrogens with one attached hydrogen (secondary N) is 1. The maximum Gasteiger partial charge on any atom is 0.339 e. The third-order valence-corrected chi connectivity index (χ3v) is 4.75. The van der Waals surface area contributed by atoms with Gasteiger partial charge >= 0.3 is 11.1 Å². The van der Waals surface area contributed by atoms with Crippen LogP contribution in [0.3, 0.4) is 0 Å². The Morgan fingerprint density at radius 2 is 1.79 bits per heavy atom. The molecule has 0 aliphatic heterocycles. The molecule has 0 unspecified atom stereocenters. The molecule has 0 saturated heterocycles. The molecule has 5 heteroatoms. The SMILES string of the molecule is CC[n+]1c(-c2ccc(C)cc2)csc1Nc1ccc(C(=O)O)cc1. The van der Waals surface area contributed by atoms with Crippen LogP contribution in [0.25, 0.3) is 11.3 Å². The zero-order chi connectivity index (χ0) is 17.1. The van der Waals surface area contributed by atoms with E-state index in [9.17, 15) is 4.79 Å². The number of rotatable bonds is 5. The highest BCUT2D eigenvalue weighted by molar-refractivity contribution is 7.13. The molecule has 3 aromatic rings. The average Bonchev–Trinajstić information content (AvgIpc) is 2.98. The van der Waals surface area contributed by atoms with Crippen LogP contribution in [0.4, 0.5) is 10.8 Å². The molecular weight excluding hydrogens is 320 g/mol. The number of benzene rings is 2. The maximum atomic E-state index is 10.9. The number of carboxylic acids is 1.